The molecule has 0 spiro atoms. The topological polar surface area (TPSA) is 41.9 Å². The van der Waals surface area contributed by atoms with Gasteiger partial charge >= 0.3 is 0 Å². The molecule has 0 saturated carbocycles. The molecule has 3 rings (SSSR count). The summed E-state index contributed by atoms with van der Waals surface area (Å²) in [5.41, 5.74) is 0.375. The van der Waals surface area contributed by atoms with E-state index in [9.17, 15) is 5.11 Å². The third-order valence-corrected chi connectivity index (χ3v) is 5.01. The Hall–Kier alpha value is -1.26. The minimum absolute atomic E-state index is 0.0325. The van der Waals surface area contributed by atoms with Crippen LogP contribution >= 0.6 is 0 Å². The molecular formula is C18H27NO3. The molecular weight excluding hydrogens is 278 g/mol. The third-order valence-electron chi connectivity index (χ3n) is 5.01. The Morgan fingerprint density at radius 3 is 2.82 bits per heavy atom. The Morgan fingerprint density at radius 1 is 1.36 bits per heavy atom. The van der Waals surface area contributed by atoms with Crippen LogP contribution < -0.4 is 9.47 Å². The summed E-state index contributed by atoms with van der Waals surface area (Å²) in [6, 6.07) is 5.71. The smallest absolute Gasteiger partial charge is 0.167 e. The maximum atomic E-state index is 11.0. The molecule has 22 heavy (non-hydrogen) atoms. The zero-order valence-corrected chi connectivity index (χ0v) is 14.0. The van der Waals surface area contributed by atoms with Crippen molar-refractivity contribution >= 4 is 0 Å². The van der Waals surface area contributed by atoms with Crippen molar-refractivity contribution in [3.63, 3.8) is 0 Å². The summed E-state index contributed by atoms with van der Waals surface area (Å²) < 4.78 is 11.7. The van der Waals surface area contributed by atoms with Gasteiger partial charge in [0.2, 0.25) is 0 Å². The van der Waals surface area contributed by atoms with Gasteiger partial charge in [0.25, 0.3) is 0 Å². The van der Waals surface area contributed by atoms with Gasteiger partial charge in [0.05, 0.1) is 13.2 Å². The van der Waals surface area contributed by atoms with Crippen molar-refractivity contribution in [2.45, 2.75) is 51.4 Å². The number of aliphatic hydroxyl groups is 1. The first-order valence-corrected chi connectivity index (χ1v) is 8.22. The van der Waals surface area contributed by atoms with Crippen molar-refractivity contribution in [1.29, 1.82) is 0 Å². The largest absolute Gasteiger partial charge is 0.493 e. The first kappa shape index (κ1) is 15.6. The van der Waals surface area contributed by atoms with Crippen LogP contribution in [0.2, 0.25) is 0 Å². The number of benzene rings is 1. The number of hydrogen-bond donors (Lipinski definition) is 1. The van der Waals surface area contributed by atoms with Crippen LogP contribution in [0.25, 0.3) is 0 Å². The summed E-state index contributed by atoms with van der Waals surface area (Å²) in [6.07, 6.45) is 1.90. The fourth-order valence-corrected chi connectivity index (χ4v) is 4.03. The molecule has 0 aliphatic carbocycles. The van der Waals surface area contributed by atoms with Crippen LogP contribution in [0.15, 0.2) is 18.2 Å². The lowest BCUT2D eigenvalue weighted by Gasteiger charge is -2.50. The average Bonchev–Trinajstić information content (AvgIpc) is 2.46. The average molecular weight is 305 g/mol. The van der Waals surface area contributed by atoms with E-state index in [4.69, 9.17) is 9.47 Å². The molecule has 0 radical (unpaired) electrons. The van der Waals surface area contributed by atoms with Crippen molar-refractivity contribution in [2.75, 3.05) is 20.2 Å². The molecule has 3 atom stereocenters. The molecule has 1 N–H and O–H groups in total. The highest BCUT2D eigenvalue weighted by Gasteiger charge is 2.47. The molecule has 2 aliphatic heterocycles. The number of methoxy groups -OCH3 is 1. The van der Waals surface area contributed by atoms with E-state index in [1.54, 1.807) is 7.11 Å². The summed E-state index contributed by atoms with van der Waals surface area (Å²) >= 11 is 0. The van der Waals surface area contributed by atoms with E-state index in [1.807, 2.05) is 18.2 Å². The van der Waals surface area contributed by atoms with E-state index in [0.717, 1.165) is 18.7 Å². The zero-order valence-electron chi connectivity index (χ0n) is 14.0. The van der Waals surface area contributed by atoms with E-state index < -0.39 is 11.7 Å². The molecule has 1 saturated heterocycles. The Morgan fingerprint density at radius 2 is 2.14 bits per heavy atom. The number of nitrogens with zero attached hydrogens (tertiary/aromatic N) is 1. The molecule has 1 fully saturated rings. The summed E-state index contributed by atoms with van der Waals surface area (Å²) in [6.45, 7) is 8.46. The third kappa shape index (κ3) is 2.59. The van der Waals surface area contributed by atoms with E-state index in [0.29, 0.717) is 17.4 Å². The number of aliphatic hydroxyl groups excluding tert-OH is 1. The number of hydrogen-bond acceptors (Lipinski definition) is 4. The molecule has 2 aliphatic rings. The standard InChI is InChI=1S/C18H27NO3/c1-12-7-6-10-19(11-12)17-15(20)13-8-5-9-14(21-4)16(13)22-18(17,2)3/h5,8-9,12,15,17,20H,6-7,10-11H2,1-4H3. The second-order valence-electron chi connectivity index (χ2n) is 7.22. The molecule has 0 amide bonds. The predicted octanol–water partition coefficient (Wildman–Crippen LogP) is 3.00. The van der Waals surface area contributed by atoms with Gasteiger partial charge < -0.3 is 14.6 Å². The van der Waals surface area contributed by atoms with Crippen LogP contribution in [0, 0.1) is 5.92 Å². The Labute approximate surface area is 133 Å². The number of fused-ring (bicyclic) bond motifs is 1. The van der Waals surface area contributed by atoms with Crippen molar-refractivity contribution in [1.82, 2.24) is 4.90 Å². The number of likely N-dealkylation sites (tertiary alicyclic amines) is 1. The van der Waals surface area contributed by atoms with Gasteiger partial charge in [0.15, 0.2) is 11.5 Å². The normalized spacial score (nSPS) is 31.2. The molecule has 4 heteroatoms. The maximum Gasteiger partial charge on any atom is 0.167 e. The number of rotatable bonds is 2. The highest BCUT2D eigenvalue weighted by Crippen LogP contribution is 2.47. The monoisotopic (exact) mass is 305 g/mol. The SMILES string of the molecule is COc1cccc2c1OC(C)(C)C(N1CCCC(C)C1)C2O. The fourth-order valence-electron chi connectivity index (χ4n) is 4.03. The molecule has 0 aromatic heterocycles. The molecule has 1 aromatic rings. The Kier molecular flexibility index (Phi) is 4.08. The van der Waals surface area contributed by atoms with Gasteiger partial charge in [-0.25, -0.2) is 0 Å². The van der Waals surface area contributed by atoms with Crippen molar-refractivity contribution in [3.8, 4) is 11.5 Å². The number of para-hydroxylation sites is 1. The van der Waals surface area contributed by atoms with Crippen LogP contribution in [-0.2, 0) is 0 Å². The highest BCUT2D eigenvalue weighted by atomic mass is 16.5. The van der Waals surface area contributed by atoms with E-state index in [-0.39, 0.29) is 6.04 Å². The van der Waals surface area contributed by atoms with Crippen LogP contribution in [-0.4, -0.2) is 41.8 Å². The molecule has 4 nitrogen and oxygen atoms in total. The van der Waals surface area contributed by atoms with Crippen molar-refractivity contribution in [3.05, 3.63) is 23.8 Å². The van der Waals surface area contributed by atoms with E-state index in [2.05, 4.69) is 25.7 Å². The molecule has 2 heterocycles. The van der Waals surface area contributed by atoms with Gasteiger partial charge in [-0.3, -0.25) is 4.90 Å². The maximum absolute atomic E-state index is 11.0. The summed E-state index contributed by atoms with van der Waals surface area (Å²) in [5, 5.41) is 11.0. The lowest BCUT2D eigenvalue weighted by molar-refractivity contribution is -0.0929. The summed E-state index contributed by atoms with van der Waals surface area (Å²) in [5.74, 6) is 2.04. The molecule has 122 valence electrons. The summed E-state index contributed by atoms with van der Waals surface area (Å²) in [7, 11) is 1.64. The van der Waals surface area contributed by atoms with Gasteiger partial charge in [-0.1, -0.05) is 19.1 Å². The minimum Gasteiger partial charge on any atom is -0.493 e. The van der Waals surface area contributed by atoms with Gasteiger partial charge in [-0.15, -0.1) is 0 Å². The van der Waals surface area contributed by atoms with Gasteiger partial charge in [0, 0.05) is 12.1 Å². The lowest BCUT2D eigenvalue weighted by Crippen LogP contribution is -2.59. The predicted molar refractivity (Wildman–Crippen MR) is 86.4 cm³/mol. The zero-order chi connectivity index (χ0) is 15.9. The number of piperidine rings is 1. The first-order chi connectivity index (χ1) is 10.4. The van der Waals surface area contributed by atoms with Crippen LogP contribution in [0.5, 0.6) is 11.5 Å². The summed E-state index contributed by atoms with van der Waals surface area (Å²) in [4.78, 5) is 2.40. The van der Waals surface area contributed by atoms with E-state index >= 15 is 0 Å². The Balaban J connectivity index is 1.98. The van der Waals surface area contributed by atoms with Crippen LogP contribution in [0.3, 0.4) is 0 Å². The van der Waals surface area contributed by atoms with Crippen molar-refractivity contribution in [2.24, 2.45) is 5.92 Å². The van der Waals surface area contributed by atoms with Gasteiger partial charge in [-0.2, -0.15) is 0 Å². The lowest BCUT2D eigenvalue weighted by atomic mass is 9.83. The second-order valence-corrected chi connectivity index (χ2v) is 7.22. The van der Waals surface area contributed by atoms with Crippen LogP contribution in [0.4, 0.5) is 0 Å². The second kappa shape index (κ2) is 5.74. The molecule has 0 bridgehead atoms. The first-order valence-electron chi connectivity index (χ1n) is 8.22. The molecule has 1 aromatic carbocycles. The highest BCUT2D eigenvalue weighted by molar-refractivity contribution is 5.50. The molecule has 3 unspecified atom stereocenters. The minimum atomic E-state index is -0.556. The number of ether oxygens (including phenoxy) is 2. The van der Waals surface area contributed by atoms with Gasteiger partial charge in [-0.05, 0) is 45.2 Å². The quantitative estimate of drug-likeness (QED) is 0.912. The van der Waals surface area contributed by atoms with Crippen LogP contribution in [0.1, 0.15) is 45.3 Å². The van der Waals surface area contributed by atoms with Crippen molar-refractivity contribution < 1.29 is 14.6 Å². The fraction of sp³-hybridized carbons (Fsp3) is 0.667. The Bertz CT molecular complexity index is 543. The van der Waals surface area contributed by atoms with E-state index in [1.165, 1.54) is 12.8 Å². The van der Waals surface area contributed by atoms with Gasteiger partial charge in [0.1, 0.15) is 11.7 Å².